The Morgan fingerprint density at radius 3 is 2.62 bits per heavy atom. The number of sulfonamides is 1. The van der Waals surface area contributed by atoms with Crippen molar-refractivity contribution in [3.63, 3.8) is 0 Å². The van der Waals surface area contributed by atoms with E-state index in [-0.39, 0.29) is 23.0 Å². The van der Waals surface area contributed by atoms with E-state index in [0.717, 1.165) is 12.8 Å². The molecular formula is C13H20N2O5S. The number of furan rings is 1. The van der Waals surface area contributed by atoms with E-state index in [0.29, 0.717) is 12.8 Å². The van der Waals surface area contributed by atoms with E-state index < -0.39 is 21.5 Å². The summed E-state index contributed by atoms with van der Waals surface area (Å²) in [7, 11) is -2.59. The molecule has 3 N–H and O–H groups in total. The molecule has 0 unspecified atom stereocenters. The summed E-state index contributed by atoms with van der Waals surface area (Å²) in [5.41, 5.74) is 5.14. The first kappa shape index (κ1) is 16.0. The number of carbonyl (C=O) groups is 1. The van der Waals surface area contributed by atoms with Crippen molar-refractivity contribution in [3.05, 3.63) is 17.6 Å². The molecule has 0 spiro atoms. The molecule has 1 aliphatic carbocycles. The fraction of sp³-hybridized carbons (Fsp3) is 0.615. The number of esters is 1. The second-order valence-corrected chi connectivity index (χ2v) is 6.97. The van der Waals surface area contributed by atoms with Crippen molar-refractivity contribution in [2.45, 2.75) is 43.0 Å². The minimum absolute atomic E-state index is 0.0531. The fourth-order valence-corrected chi connectivity index (χ4v) is 4.32. The van der Waals surface area contributed by atoms with Crippen molar-refractivity contribution in [2.75, 3.05) is 13.7 Å². The zero-order valence-corrected chi connectivity index (χ0v) is 13.0. The molecule has 0 saturated heterocycles. The molecule has 1 heterocycles. The third kappa shape index (κ3) is 3.12. The Labute approximate surface area is 123 Å². The van der Waals surface area contributed by atoms with Crippen LogP contribution in [0.5, 0.6) is 0 Å². The van der Waals surface area contributed by atoms with Gasteiger partial charge in [-0.2, -0.15) is 0 Å². The first-order valence-electron chi connectivity index (χ1n) is 6.76. The topological polar surface area (TPSA) is 112 Å². The Hall–Kier alpha value is -1.38. The molecule has 0 aliphatic heterocycles. The Bertz CT molecular complexity index is 629. The summed E-state index contributed by atoms with van der Waals surface area (Å²) >= 11 is 0. The number of nitrogens with two attached hydrogens (primary N) is 1. The van der Waals surface area contributed by atoms with Gasteiger partial charge < -0.3 is 14.9 Å². The van der Waals surface area contributed by atoms with Crippen LogP contribution in [0.25, 0.3) is 0 Å². The summed E-state index contributed by atoms with van der Waals surface area (Å²) in [6.07, 6.45) is 3.31. The maximum absolute atomic E-state index is 12.5. The molecular weight excluding hydrogens is 296 g/mol. The predicted molar refractivity (Wildman–Crippen MR) is 75.4 cm³/mol. The van der Waals surface area contributed by atoms with Crippen LogP contribution in [-0.4, -0.2) is 33.6 Å². The highest BCUT2D eigenvalue weighted by Gasteiger charge is 2.38. The van der Waals surface area contributed by atoms with Gasteiger partial charge in [-0.15, -0.1) is 0 Å². The fourth-order valence-electron chi connectivity index (χ4n) is 2.67. The summed E-state index contributed by atoms with van der Waals surface area (Å²) in [6, 6.07) is 1.18. The Morgan fingerprint density at radius 2 is 2.10 bits per heavy atom. The van der Waals surface area contributed by atoms with Crippen molar-refractivity contribution in [2.24, 2.45) is 5.73 Å². The van der Waals surface area contributed by atoms with Crippen LogP contribution in [0.2, 0.25) is 0 Å². The van der Waals surface area contributed by atoms with Gasteiger partial charge >= 0.3 is 5.97 Å². The minimum atomic E-state index is -3.80. The van der Waals surface area contributed by atoms with Gasteiger partial charge in [-0.25, -0.2) is 17.9 Å². The summed E-state index contributed by atoms with van der Waals surface area (Å²) < 4.78 is 37.4. The number of carbonyl (C=O) groups excluding carboxylic acids is 1. The van der Waals surface area contributed by atoms with E-state index in [1.807, 2.05) is 0 Å². The molecule has 118 valence electrons. The zero-order valence-electron chi connectivity index (χ0n) is 12.1. The molecule has 0 bridgehead atoms. The van der Waals surface area contributed by atoms with Crippen LogP contribution in [0, 0.1) is 6.92 Å². The third-order valence-electron chi connectivity index (χ3n) is 3.85. The second kappa shape index (κ2) is 5.78. The lowest BCUT2D eigenvalue weighted by Crippen LogP contribution is -2.51. The molecule has 2 rings (SSSR count). The van der Waals surface area contributed by atoms with Crippen LogP contribution in [0.15, 0.2) is 15.4 Å². The molecule has 0 aromatic carbocycles. The highest BCUT2D eigenvalue weighted by atomic mass is 32.2. The van der Waals surface area contributed by atoms with Gasteiger partial charge in [0.05, 0.1) is 7.11 Å². The monoisotopic (exact) mass is 316 g/mol. The highest BCUT2D eigenvalue weighted by molar-refractivity contribution is 7.89. The molecule has 1 aliphatic rings. The van der Waals surface area contributed by atoms with Crippen molar-refractivity contribution in [3.8, 4) is 0 Å². The molecule has 7 nitrogen and oxygen atoms in total. The molecule has 0 atom stereocenters. The van der Waals surface area contributed by atoms with Gasteiger partial charge in [0.15, 0.2) is 0 Å². The minimum Gasteiger partial charge on any atom is -0.463 e. The zero-order chi connectivity index (χ0) is 15.7. The standard InChI is InChI=1S/C13H20N2O5S/c1-9-11(7-10(20-9)12(16)19-2)21(17,18)15-13(8-14)5-3-4-6-13/h7,15H,3-6,8,14H2,1-2H3. The van der Waals surface area contributed by atoms with Crippen LogP contribution < -0.4 is 10.5 Å². The number of rotatable bonds is 5. The number of ether oxygens (including phenoxy) is 1. The van der Waals surface area contributed by atoms with E-state index in [2.05, 4.69) is 9.46 Å². The summed E-state index contributed by atoms with van der Waals surface area (Å²) in [6.45, 7) is 1.73. The van der Waals surface area contributed by atoms with Crippen LogP contribution in [0.1, 0.15) is 42.0 Å². The largest absolute Gasteiger partial charge is 0.463 e. The van der Waals surface area contributed by atoms with Gasteiger partial charge in [-0.1, -0.05) is 12.8 Å². The first-order chi connectivity index (χ1) is 9.83. The molecule has 8 heteroatoms. The molecule has 1 aromatic heterocycles. The van der Waals surface area contributed by atoms with Gasteiger partial charge in [0, 0.05) is 18.2 Å². The molecule has 0 amide bonds. The van der Waals surface area contributed by atoms with E-state index in [9.17, 15) is 13.2 Å². The van der Waals surface area contributed by atoms with Crippen molar-refractivity contribution < 1.29 is 22.4 Å². The van der Waals surface area contributed by atoms with Gasteiger partial charge in [0.25, 0.3) is 0 Å². The Balaban J connectivity index is 2.31. The average Bonchev–Trinajstić information content (AvgIpc) is 3.05. The van der Waals surface area contributed by atoms with Crippen LogP contribution in [0.4, 0.5) is 0 Å². The van der Waals surface area contributed by atoms with Crippen molar-refractivity contribution in [1.82, 2.24) is 4.72 Å². The maximum atomic E-state index is 12.5. The summed E-state index contributed by atoms with van der Waals surface area (Å²) in [5, 5.41) is 0. The van der Waals surface area contributed by atoms with Gasteiger partial charge in [0.1, 0.15) is 10.7 Å². The van der Waals surface area contributed by atoms with Gasteiger partial charge in [0.2, 0.25) is 15.8 Å². The highest BCUT2D eigenvalue weighted by Crippen LogP contribution is 2.31. The number of hydrogen-bond donors (Lipinski definition) is 2. The smallest absolute Gasteiger partial charge is 0.373 e. The molecule has 0 radical (unpaired) electrons. The average molecular weight is 316 g/mol. The SMILES string of the molecule is COC(=O)c1cc(S(=O)(=O)NC2(CN)CCCC2)c(C)o1. The van der Waals surface area contributed by atoms with Crippen molar-refractivity contribution >= 4 is 16.0 Å². The van der Waals surface area contributed by atoms with Crippen LogP contribution >= 0.6 is 0 Å². The Kier molecular flexibility index (Phi) is 4.40. The number of aryl methyl sites for hydroxylation is 1. The third-order valence-corrected chi connectivity index (χ3v) is 5.54. The number of hydrogen-bond acceptors (Lipinski definition) is 6. The van der Waals surface area contributed by atoms with E-state index >= 15 is 0 Å². The maximum Gasteiger partial charge on any atom is 0.373 e. The summed E-state index contributed by atoms with van der Waals surface area (Å²) in [4.78, 5) is 11.4. The van der Waals surface area contributed by atoms with Crippen molar-refractivity contribution in [1.29, 1.82) is 0 Å². The number of methoxy groups -OCH3 is 1. The Morgan fingerprint density at radius 1 is 1.48 bits per heavy atom. The molecule has 1 aromatic rings. The first-order valence-corrected chi connectivity index (χ1v) is 8.25. The molecule has 1 fully saturated rings. The van der Waals surface area contributed by atoms with E-state index in [1.54, 1.807) is 0 Å². The van der Waals surface area contributed by atoms with Crippen LogP contribution in [-0.2, 0) is 14.8 Å². The lowest BCUT2D eigenvalue weighted by atomic mass is 10.0. The lowest BCUT2D eigenvalue weighted by molar-refractivity contribution is 0.0563. The van der Waals surface area contributed by atoms with Gasteiger partial charge in [-0.05, 0) is 19.8 Å². The summed E-state index contributed by atoms with van der Waals surface area (Å²) in [5.74, 6) is -0.703. The van der Waals surface area contributed by atoms with Gasteiger partial charge in [-0.3, -0.25) is 0 Å². The quantitative estimate of drug-likeness (QED) is 0.781. The second-order valence-electron chi connectivity index (χ2n) is 5.32. The number of nitrogens with one attached hydrogen (secondary N) is 1. The predicted octanol–water partition coefficient (Wildman–Crippen LogP) is 0.924. The lowest BCUT2D eigenvalue weighted by Gasteiger charge is -2.28. The van der Waals surface area contributed by atoms with Crippen LogP contribution in [0.3, 0.4) is 0 Å². The molecule has 21 heavy (non-hydrogen) atoms. The normalized spacial score (nSPS) is 17.9. The van der Waals surface area contributed by atoms with E-state index in [4.69, 9.17) is 10.2 Å². The molecule has 1 saturated carbocycles. The van der Waals surface area contributed by atoms with E-state index in [1.165, 1.54) is 20.1 Å².